The lowest BCUT2D eigenvalue weighted by Crippen LogP contribution is -2.38. The topological polar surface area (TPSA) is 37.4 Å². The molecule has 3 nitrogen and oxygen atoms in total. The molecule has 2 heterocycles. The first-order chi connectivity index (χ1) is 10.2. The van der Waals surface area contributed by atoms with Gasteiger partial charge in [0.15, 0.2) is 0 Å². The molecule has 0 spiro atoms. The Balaban J connectivity index is 1.63. The second kappa shape index (κ2) is 6.30. The van der Waals surface area contributed by atoms with Crippen LogP contribution in [0.15, 0.2) is 52.7 Å². The zero-order valence-corrected chi connectivity index (χ0v) is 13.4. The third-order valence-corrected chi connectivity index (χ3v) is 6.84. The first-order valence-electron chi connectivity index (χ1n) is 7.24. The molecule has 1 aromatic carbocycles. The highest BCUT2D eigenvalue weighted by atomic mass is 32.2. The fourth-order valence-corrected chi connectivity index (χ4v) is 5.12. The van der Waals surface area contributed by atoms with Crippen LogP contribution in [0.2, 0.25) is 0 Å². The van der Waals surface area contributed by atoms with E-state index in [1.807, 2.05) is 6.07 Å². The molecular formula is C16H19NO2S2. The average molecular weight is 321 g/mol. The number of thiophene rings is 1. The summed E-state index contributed by atoms with van der Waals surface area (Å²) in [6.07, 6.45) is 2.98. The Morgan fingerprint density at radius 3 is 2.38 bits per heavy atom. The van der Waals surface area contributed by atoms with Gasteiger partial charge in [0.25, 0.3) is 0 Å². The van der Waals surface area contributed by atoms with E-state index in [2.05, 4.69) is 17.5 Å². The van der Waals surface area contributed by atoms with Crippen molar-refractivity contribution in [3.05, 3.63) is 52.7 Å². The quantitative estimate of drug-likeness (QED) is 0.865. The van der Waals surface area contributed by atoms with Gasteiger partial charge in [0.2, 0.25) is 10.0 Å². The van der Waals surface area contributed by atoms with Gasteiger partial charge >= 0.3 is 0 Å². The van der Waals surface area contributed by atoms with Crippen LogP contribution in [0.1, 0.15) is 17.7 Å². The van der Waals surface area contributed by atoms with Crippen molar-refractivity contribution in [1.29, 1.82) is 0 Å². The standard InChI is InChI=1S/C16H19NO2S2/c18-21(19,16-6-2-1-3-7-16)17-10-8-14(9-11-17)13-15-5-4-12-20-15/h1-7,12,14H,8-11,13H2. The van der Waals surface area contributed by atoms with Crippen molar-refractivity contribution in [3.63, 3.8) is 0 Å². The van der Waals surface area contributed by atoms with Crippen LogP contribution >= 0.6 is 11.3 Å². The number of hydrogen-bond donors (Lipinski definition) is 0. The maximum absolute atomic E-state index is 12.5. The SMILES string of the molecule is O=S(=O)(c1ccccc1)N1CCC(Cc2cccs2)CC1. The van der Waals surface area contributed by atoms with E-state index in [1.165, 1.54) is 4.88 Å². The minimum atomic E-state index is -3.31. The van der Waals surface area contributed by atoms with Gasteiger partial charge in [0.1, 0.15) is 0 Å². The zero-order chi connectivity index (χ0) is 14.7. The van der Waals surface area contributed by atoms with Gasteiger partial charge in [-0.2, -0.15) is 4.31 Å². The predicted octanol–water partition coefficient (Wildman–Crippen LogP) is 3.39. The van der Waals surface area contributed by atoms with Crippen LogP contribution in [0, 0.1) is 5.92 Å². The first kappa shape index (κ1) is 14.8. The fourth-order valence-electron chi connectivity index (χ4n) is 2.81. The summed E-state index contributed by atoms with van der Waals surface area (Å²) in [7, 11) is -3.31. The van der Waals surface area contributed by atoms with Crippen molar-refractivity contribution in [3.8, 4) is 0 Å². The molecule has 0 radical (unpaired) electrons. The monoisotopic (exact) mass is 321 g/mol. The highest BCUT2D eigenvalue weighted by Gasteiger charge is 2.29. The maximum Gasteiger partial charge on any atom is 0.243 e. The Kier molecular flexibility index (Phi) is 4.42. The van der Waals surface area contributed by atoms with Crippen molar-refractivity contribution in [2.24, 2.45) is 5.92 Å². The number of rotatable bonds is 4. The molecule has 0 amide bonds. The molecule has 5 heteroatoms. The van der Waals surface area contributed by atoms with Crippen LogP contribution in [0.3, 0.4) is 0 Å². The highest BCUT2D eigenvalue weighted by molar-refractivity contribution is 7.89. The van der Waals surface area contributed by atoms with Crippen LogP contribution in [0.4, 0.5) is 0 Å². The van der Waals surface area contributed by atoms with Crippen LogP contribution in [0.5, 0.6) is 0 Å². The molecule has 0 atom stereocenters. The molecule has 1 aliphatic rings. The molecule has 21 heavy (non-hydrogen) atoms. The van der Waals surface area contributed by atoms with Gasteiger partial charge in [0, 0.05) is 18.0 Å². The largest absolute Gasteiger partial charge is 0.243 e. The number of piperidine rings is 1. The first-order valence-corrected chi connectivity index (χ1v) is 9.56. The summed E-state index contributed by atoms with van der Waals surface area (Å²) >= 11 is 1.79. The van der Waals surface area contributed by atoms with Gasteiger partial charge in [-0.25, -0.2) is 8.42 Å². The lowest BCUT2D eigenvalue weighted by Gasteiger charge is -2.31. The third-order valence-electron chi connectivity index (χ3n) is 4.02. The van der Waals surface area contributed by atoms with E-state index in [-0.39, 0.29) is 0 Å². The zero-order valence-electron chi connectivity index (χ0n) is 11.8. The second-order valence-electron chi connectivity index (χ2n) is 5.44. The molecule has 0 saturated carbocycles. The van der Waals surface area contributed by atoms with Gasteiger partial charge in [-0.1, -0.05) is 24.3 Å². The van der Waals surface area contributed by atoms with E-state index in [4.69, 9.17) is 0 Å². The third kappa shape index (κ3) is 3.36. The molecule has 0 unspecified atom stereocenters. The number of nitrogens with zero attached hydrogens (tertiary/aromatic N) is 1. The lowest BCUT2D eigenvalue weighted by atomic mass is 9.94. The Morgan fingerprint density at radius 1 is 1.05 bits per heavy atom. The van der Waals surface area contributed by atoms with Crippen molar-refractivity contribution < 1.29 is 8.42 Å². The lowest BCUT2D eigenvalue weighted by molar-refractivity contribution is 0.273. The average Bonchev–Trinajstić information content (AvgIpc) is 3.02. The van der Waals surface area contributed by atoms with Crippen molar-refractivity contribution in [1.82, 2.24) is 4.31 Å². The summed E-state index contributed by atoms with van der Waals surface area (Å²) in [5.74, 6) is 0.603. The normalized spacial score (nSPS) is 17.9. The highest BCUT2D eigenvalue weighted by Crippen LogP contribution is 2.27. The maximum atomic E-state index is 12.5. The van der Waals surface area contributed by atoms with Crippen molar-refractivity contribution in [2.75, 3.05) is 13.1 Å². The van der Waals surface area contributed by atoms with Crippen LogP contribution in [0.25, 0.3) is 0 Å². The van der Waals surface area contributed by atoms with Gasteiger partial charge < -0.3 is 0 Å². The Morgan fingerprint density at radius 2 is 1.76 bits per heavy atom. The number of sulfonamides is 1. The van der Waals surface area contributed by atoms with E-state index < -0.39 is 10.0 Å². The Bertz CT molecular complexity index is 658. The number of benzene rings is 1. The molecular weight excluding hydrogens is 302 g/mol. The van der Waals surface area contributed by atoms with Crippen LogP contribution in [-0.2, 0) is 16.4 Å². The molecule has 3 rings (SSSR count). The molecule has 112 valence electrons. The molecule has 0 aliphatic carbocycles. The summed E-state index contributed by atoms with van der Waals surface area (Å²) in [6, 6.07) is 13.0. The molecule has 1 fully saturated rings. The summed E-state index contributed by atoms with van der Waals surface area (Å²) < 4.78 is 26.7. The van der Waals surface area contributed by atoms with Gasteiger partial charge in [-0.3, -0.25) is 0 Å². The minimum Gasteiger partial charge on any atom is -0.207 e. The molecule has 1 aliphatic heterocycles. The van der Waals surface area contributed by atoms with E-state index in [1.54, 1.807) is 39.9 Å². The van der Waals surface area contributed by atoms with E-state index in [9.17, 15) is 8.42 Å². The predicted molar refractivity (Wildman–Crippen MR) is 85.9 cm³/mol. The smallest absolute Gasteiger partial charge is 0.207 e. The van der Waals surface area contributed by atoms with Crippen LogP contribution in [-0.4, -0.2) is 25.8 Å². The van der Waals surface area contributed by atoms with Gasteiger partial charge in [0.05, 0.1) is 4.90 Å². The van der Waals surface area contributed by atoms with Crippen molar-refractivity contribution in [2.45, 2.75) is 24.2 Å². The van der Waals surface area contributed by atoms with Gasteiger partial charge in [-0.15, -0.1) is 11.3 Å². The van der Waals surface area contributed by atoms with E-state index in [0.29, 0.717) is 23.9 Å². The van der Waals surface area contributed by atoms with Crippen LogP contribution < -0.4 is 0 Å². The molecule has 1 saturated heterocycles. The summed E-state index contributed by atoms with van der Waals surface area (Å²) in [5.41, 5.74) is 0. The molecule has 2 aromatic rings. The van der Waals surface area contributed by atoms with E-state index >= 15 is 0 Å². The molecule has 0 N–H and O–H groups in total. The van der Waals surface area contributed by atoms with E-state index in [0.717, 1.165) is 19.3 Å². The Labute approximate surface area is 130 Å². The molecule has 0 bridgehead atoms. The summed E-state index contributed by atoms with van der Waals surface area (Å²) in [4.78, 5) is 1.81. The second-order valence-corrected chi connectivity index (χ2v) is 8.41. The Hall–Kier alpha value is -1.17. The van der Waals surface area contributed by atoms with Crippen molar-refractivity contribution >= 4 is 21.4 Å². The summed E-state index contributed by atoms with van der Waals surface area (Å²) in [6.45, 7) is 1.26. The molecule has 1 aromatic heterocycles. The van der Waals surface area contributed by atoms with Gasteiger partial charge in [-0.05, 0) is 48.8 Å². The fraction of sp³-hybridized carbons (Fsp3) is 0.375. The minimum absolute atomic E-state index is 0.404. The summed E-state index contributed by atoms with van der Waals surface area (Å²) in [5, 5.41) is 2.10. The number of hydrogen-bond acceptors (Lipinski definition) is 3.